The second-order valence-corrected chi connectivity index (χ2v) is 6.12. The second-order valence-electron chi connectivity index (χ2n) is 6.12. The molecule has 2 fully saturated rings. The van der Waals surface area contributed by atoms with Crippen molar-refractivity contribution in [3.63, 3.8) is 0 Å². The molecule has 1 aromatic carbocycles. The summed E-state index contributed by atoms with van der Waals surface area (Å²) < 4.78 is 0. The third-order valence-corrected chi connectivity index (χ3v) is 4.71. The van der Waals surface area contributed by atoms with E-state index in [4.69, 9.17) is 0 Å². The molecule has 2 aliphatic rings. The molecule has 1 aliphatic carbocycles. The van der Waals surface area contributed by atoms with Gasteiger partial charge < -0.3 is 4.90 Å². The maximum absolute atomic E-state index is 12.1. The first-order valence-corrected chi connectivity index (χ1v) is 8.01. The lowest BCUT2D eigenvalue weighted by Crippen LogP contribution is -3.12. The average Bonchev–Trinajstić information content (AvgIpc) is 3.35. The Labute approximate surface area is 126 Å². The van der Waals surface area contributed by atoms with E-state index in [1.54, 1.807) is 4.90 Å². The van der Waals surface area contributed by atoms with E-state index in [1.807, 2.05) is 18.2 Å². The van der Waals surface area contributed by atoms with Crippen LogP contribution in [0.5, 0.6) is 0 Å². The van der Waals surface area contributed by atoms with Crippen molar-refractivity contribution in [2.75, 3.05) is 19.6 Å². The van der Waals surface area contributed by atoms with Crippen molar-refractivity contribution >= 4 is 11.6 Å². The predicted octanol–water partition coefficient (Wildman–Crippen LogP) is 0.961. The van der Waals surface area contributed by atoms with Crippen molar-refractivity contribution in [1.29, 1.82) is 0 Å². The molecule has 2 N–H and O–H groups in total. The molecular weight excluding hydrogens is 262 g/mol. The highest BCUT2D eigenvalue weighted by atomic mass is 16.2. The molecule has 21 heavy (non-hydrogen) atoms. The third kappa shape index (κ3) is 3.50. The number of hydrogen-bond donors (Lipinski definition) is 2. The van der Waals surface area contributed by atoms with Crippen LogP contribution in [0.2, 0.25) is 0 Å². The number of carbonyl (C=O) groups excluding carboxylic acids is 1. The highest BCUT2D eigenvalue weighted by molar-refractivity contribution is 5.88. The van der Waals surface area contributed by atoms with Crippen LogP contribution >= 0.6 is 0 Å². The van der Waals surface area contributed by atoms with Gasteiger partial charge in [-0.25, -0.2) is 5.43 Å². The van der Waals surface area contributed by atoms with Crippen LogP contribution in [0.15, 0.2) is 35.4 Å². The van der Waals surface area contributed by atoms with Crippen molar-refractivity contribution in [3.8, 4) is 0 Å². The van der Waals surface area contributed by atoms with Crippen molar-refractivity contribution in [1.82, 2.24) is 5.43 Å². The number of rotatable bonds is 4. The summed E-state index contributed by atoms with van der Waals surface area (Å²) in [4.78, 5) is 13.8. The molecule has 112 valence electrons. The number of nitrogens with one attached hydrogen (secondary N) is 2. The van der Waals surface area contributed by atoms with E-state index in [0.29, 0.717) is 5.92 Å². The van der Waals surface area contributed by atoms with Crippen molar-refractivity contribution in [2.24, 2.45) is 11.0 Å². The number of likely N-dealkylation sites (tertiary alicyclic amines) is 1. The molecule has 2 atom stereocenters. The van der Waals surface area contributed by atoms with E-state index < -0.39 is 0 Å². The van der Waals surface area contributed by atoms with Crippen LogP contribution in [0.3, 0.4) is 0 Å². The summed E-state index contributed by atoms with van der Waals surface area (Å²) in [6, 6.07) is 10.3. The monoisotopic (exact) mass is 286 g/mol. The maximum Gasteiger partial charge on any atom is 0.243 e. The number of carbonyl (C=O) groups is 1. The number of nitrogens with zero attached hydrogens (tertiary/aromatic N) is 1. The molecule has 3 rings (SSSR count). The van der Waals surface area contributed by atoms with Gasteiger partial charge in [-0.1, -0.05) is 30.3 Å². The first-order chi connectivity index (χ1) is 10.3. The van der Waals surface area contributed by atoms with Gasteiger partial charge in [0, 0.05) is 24.5 Å². The summed E-state index contributed by atoms with van der Waals surface area (Å²) in [7, 11) is 0. The van der Waals surface area contributed by atoms with Crippen LogP contribution in [0.4, 0.5) is 0 Å². The molecule has 1 aromatic rings. The average molecular weight is 286 g/mol. The van der Waals surface area contributed by atoms with Crippen molar-refractivity contribution < 1.29 is 9.69 Å². The van der Waals surface area contributed by atoms with Gasteiger partial charge in [0.1, 0.15) is 0 Å². The largest absolute Gasteiger partial charge is 0.335 e. The van der Waals surface area contributed by atoms with Gasteiger partial charge in [-0.3, -0.25) is 4.79 Å². The fourth-order valence-electron chi connectivity index (χ4n) is 3.13. The Morgan fingerprint density at radius 2 is 2.00 bits per heavy atom. The molecule has 0 bridgehead atoms. The molecule has 1 amide bonds. The predicted molar refractivity (Wildman–Crippen MR) is 83.3 cm³/mol. The van der Waals surface area contributed by atoms with E-state index >= 15 is 0 Å². The Bertz CT molecular complexity index is 516. The van der Waals surface area contributed by atoms with Gasteiger partial charge in [0.25, 0.3) is 0 Å². The number of hydrogen-bond acceptors (Lipinski definition) is 2. The Morgan fingerprint density at radius 3 is 2.67 bits per heavy atom. The molecule has 1 aliphatic heterocycles. The molecule has 1 heterocycles. The Balaban J connectivity index is 1.48. The summed E-state index contributed by atoms with van der Waals surface area (Å²) in [6.45, 7) is 5.68. The lowest BCUT2D eigenvalue weighted by atomic mass is 10.1. The quantitative estimate of drug-likeness (QED) is 0.796. The minimum atomic E-state index is 0.0848. The lowest BCUT2D eigenvalue weighted by molar-refractivity contribution is -0.899. The molecule has 0 spiro atoms. The summed E-state index contributed by atoms with van der Waals surface area (Å²) in [5.74, 6) is 0.581. The number of amides is 1. The Morgan fingerprint density at radius 1 is 1.29 bits per heavy atom. The highest BCUT2D eigenvalue weighted by Gasteiger charge is 2.43. The molecule has 1 saturated heterocycles. The van der Waals surface area contributed by atoms with Crippen LogP contribution in [0, 0.1) is 5.92 Å². The fraction of sp³-hybridized carbons (Fsp3) is 0.529. The summed E-state index contributed by atoms with van der Waals surface area (Å²) in [5, 5.41) is 4.35. The van der Waals surface area contributed by atoms with E-state index in [0.717, 1.165) is 38.1 Å². The molecular formula is C17H24N3O+. The molecule has 0 radical (unpaired) electrons. The second kappa shape index (κ2) is 6.39. The standard InChI is InChI=1S/C17H23N3O/c1-2-20-10-8-14(9-11-20)18-19-17(21)16-12-15(16)13-6-4-3-5-7-13/h3-7,15-16H,2,8-12H2,1H3,(H,19,21)/p+1/t15-,16-/m1/s1. The summed E-state index contributed by atoms with van der Waals surface area (Å²) in [5.41, 5.74) is 5.21. The van der Waals surface area contributed by atoms with Crippen LogP contribution < -0.4 is 10.3 Å². The first-order valence-electron chi connectivity index (χ1n) is 8.01. The number of piperidine rings is 1. The number of benzene rings is 1. The molecule has 0 aromatic heterocycles. The summed E-state index contributed by atoms with van der Waals surface area (Å²) in [6.07, 6.45) is 2.97. The van der Waals surface area contributed by atoms with Gasteiger partial charge >= 0.3 is 0 Å². The van der Waals surface area contributed by atoms with Gasteiger partial charge in [0.2, 0.25) is 5.91 Å². The van der Waals surface area contributed by atoms with Crippen LogP contribution in [-0.2, 0) is 4.79 Å². The van der Waals surface area contributed by atoms with Gasteiger partial charge in [-0.15, -0.1) is 0 Å². The topological polar surface area (TPSA) is 45.9 Å². The third-order valence-electron chi connectivity index (χ3n) is 4.71. The molecule has 4 nitrogen and oxygen atoms in total. The van der Waals surface area contributed by atoms with Crippen LogP contribution in [0.1, 0.15) is 37.7 Å². The minimum absolute atomic E-state index is 0.0848. The maximum atomic E-state index is 12.1. The lowest BCUT2D eigenvalue weighted by Gasteiger charge is -2.23. The van der Waals surface area contributed by atoms with Crippen LogP contribution in [-0.4, -0.2) is 31.3 Å². The zero-order chi connectivity index (χ0) is 14.7. The van der Waals surface area contributed by atoms with E-state index in [2.05, 4.69) is 29.6 Å². The SMILES string of the molecule is CC[NH+]1CCC(=NNC(=O)[C@@H]2C[C@@H]2c2ccccc2)CC1. The zero-order valence-corrected chi connectivity index (χ0v) is 12.6. The zero-order valence-electron chi connectivity index (χ0n) is 12.6. The normalized spacial score (nSPS) is 28.0. The van der Waals surface area contributed by atoms with Crippen LogP contribution in [0.25, 0.3) is 0 Å². The molecule has 1 saturated carbocycles. The van der Waals surface area contributed by atoms with E-state index in [1.165, 1.54) is 12.1 Å². The van der Waals surface area contributed by atoms with E-state index in [9.17, 15) is 4.79 Å². The smallest absolute Gasteiger partial charge is 0.243 e. The van der Waals surface area contributed by atoms with Crippen molar-refractivity contribution in [3.05, 3.63) is 35.9 Å². The minimum Gasteiger partial charge on any atom is -0.335 e. The highest BCUT2D eigenvalue weighted by Crippen LogP contribution is 2.47. The Hall–Kier alpha value is -1.68. The number of hydrazone groups is 1. The summed E-state index contributed by atoms with van der Waals surface area (Å²) >= 11 is 0. The molecule has 0 unspecified atom stereocenters. The number of quaternary nitrogens is 1. The van der Waals surface area contributed by atoms with Gasteiger partial charge in [0.05, 0.1) is 19.6 Å². The van der Waals surface area contributed by atoms with E-state index in [-0.39, 0.29) is 11.8 Å². The molecule has 4 heteroatoms. The van der Waals surface area contributed by atoms with Gasteiger partial charge in [-0.05, 0) is 24.8 Å². The van der Waals surface area contributed by atoms with Gasteiger partial charge in [-0.2, -0.15) is 5.10 Å². The first kappa shape index (κ1) is 14.3. The van der Waals surface area contributed by atoms with Crippen molar-refractivity contribution in [2.45, 2.75) is 32.1 Å². The van der Waals surface area contributed by atoms with Gasteiger partial charge in [0.15, 0.2) is 0 Å². The Kier molecular flexibility index (Phi) is 4.34. The fourth-order valence-corrected chi connectivity index (χ4v) is 3.13.